The lowest BCUT2D eigenvalue weighted by Crippen LogP contribution is -2.32. The molecule has 0 aromatic heterocycles. The third-order valence-corrected chi connectivity index (χ3v) is 8.74. The Labute approximate surface area is 174 Å². The quantitative estimate of drug-likeness (QED) is 0.768. The van der Waals surface area contributed by atoms with Gasteiger partial charge in [-0.2, -0.15) is 4.31 Å². The van der Waals surface area contributed by atoms with E-state index in [1.165, 1.54) is 16.4 Å². The Morgan fingerprint density at radius 1 is 0.828 bits per heavy atom. The molecule has 0 bridgehead atoms. The van der Waals surface area contributed by atoms with Crippen molar-refractivity contribution in [1.29, 1.82) is 0 Å². The molecule has 1 N–H and O–H groups in total. The minimum atomic E-state index is -3.84. The minimum Gasteiger partial charge on any atom is -0.280 e. The van der Waals surface area contributed by atoms with Crippen molar-refractivity contribution >= 4 is 25.7 Å². The summed E-state index contributed by atoms with van der Waals surface area (Å²) in [7, 11) is -7.49. The molecule has 2 aromatic carbocycles. The van der Waals surface area contributed by atoms with E-state index in [9.17, 15) is 16.8 Å². The maximum absolute atomic E-state index is 13.0. The van der Waals surface area contributed by atoms with Crippen LogP contribution in [0.15, 0.2) is 46.2 Å². The lowest BCUT2D eigenvalue weighted by molar-refractivity contribution is 0.424. The minimum absolute atomic E-state index is 0.108. The van der Waals surface area contributed by atoms with Crippen molar-refractivity contribution in [3.8, 4) is 0 Å². The zero-order valence-corrected chi connectivity index (χ0v) is 18.7. The molecule has 3 rings (SSSR count). The van der Waals surface area contributed by atoms with Gasteiger partial charge in [-0.25, -0.2) is 16.8 Å². The van der Waals surface area contributed by atoms with Crippen molar-refractivity contribution in [3.63, 3.8) is 0 Å². The molecule has 158 valence electrons. The first kappa shape index (κ1) is 21.8. The van der Waals surface area contributed by atoms with Crippen LogP contribution in [0.5, 0.6) is 0 Å². The van der Waals surface area contributed by atoms with Crippen LogP contribution < -0.4 is 4.72 Å². The number of anilines is 1. The number of sulfonamides is 2. The van der Waals surface area contributed by atoms with E-state index in [2.05, 4.69) is 4.72 Å². The van der Waals surface area contributed by atoms with Gasteiger partial charge in [-0.15, -0.1) is 0 Å². The Hall–Kier alpha value is -1.90. The van der Waals surface area contributed by atoms with Gasteiger partial charge in [0.15, 0.2) is 0 Å². The number of nitrogens with zero attached hydrogens (tertiary/aromatic N) is 1. The normalized spacial score (nSPS) is 16.4. The van der Waals surface area contributed by atoms with Crippen molar-refractivity contribution in [2.75, 3.05) is 17.8 Å². The van der Waals surface area contributed by atoms with Crippen LogP contribution >= 0.6 is 0 Å². The number of aryl methyl sites for hydroxylation is 3. The average Bonchev–Trinajstić information content (AvgIpc) is 2.90. The summed E-state index contributed by atoms with van der Waals surface area (Å²) in [6.07, 6.45) is 3.75. The van der Waals surface area contributed by atoms with Crippen molar-refractivity contribution in [1.82, 2.24) is 4.31 Å². The molecule has 1 aliphatic rings. The summed E-state index contributed by atoms with van der Waals surface area (Å²) in [5.74, 6) is 0. The third kappa shape index (κ3) is 4.82. The van der Waals surface area contributed by atoms with E-state index in [0.717, 1.165) is 31.2 Å². The number of benzene rings is 2. The van der Waals surface area contributed by atoms with E-state index in [1.807, 2.05) is 19.1 Å². The van der Waals surface area contributed by atoms with Crippen LogP contribution in [0, 0.1) is 20.8 Å². The highest BCUT2D eigenvalue weighted by Gasteiger charge is 2.26. The fourth-order valence-corrected chi connectivity index (χ4v) is 7.02. The molecule has 1 saturated heterocycles. The summed E-state index contributed by atoms with van der Waals surface area (Å²) >= 11 is 0. The zero-order valence-electron chi connectivity index (χ0n) is 17.1. The molecule has 0 saturated carbocycles. The summed E-state index contributed by atoms with van der Waals surface area (Å²) in [6.45, 7) is 6.44. The Morgan fingerprint density at radius 2 is 1.41 bits per heavy atom. The van der Waals surface area contributed by atoms with E-state index in [-0.39, 0.29) is 15.5 Å². The third-order valence-electron chi connectivity index (χ3n) is 5.16. The van der Waals surface area contributed by atoms with Crippen molar-refractivity contribution in [2.45, 2.75) is 56.2 Å². The van der Waals surface area contributed by atoms with Gasteiger partial charge < -0.3 is 0 Å². The van der Waals surface area contributed by atoms with Crippen LogP contribution in [0.2, 0.25) is 0 Å². The van der Waals surface area contributed by atoms with Crippen LogP contribution in [0.25, 0.3) is 0 Å². The van der Waals surface area contributed by atoms with Gasteiger partial charge in [-0.1, -0.05) is 36.6 Å². The summed E-state index contributed by atoms with van der Waals surface area (Å²) in [5.41, 5.74) is 2.54. The largest absolute Gasteiger partial charge is 0.280 e. The van der Waals surface area contributed by atoms with E-state index in [4.69, 9.17) is 0 Å². The molecule has 0 atom stereocenters. The van der Waals surface area contributed by atoms with Gasteiger partial charge >= 0.3 is 0 Å². The molecule has 0 amide bonds. The highest BCUT2D eigenvalue weighted by Crippen LogP contribution is 2.27. The maximum atomic E-state index is 13.0. The molecule has 2 aromatic rings. The molecule has 1 fully saturated rings. The molecular formula is C21H28N2O4S2. The molecule has 0 unspecified atom stereocenters. The van der Waals surface area contributed by atoms with Crippen LogP contribution in [0.3, 0.4) is 0 Å². The number of hydrogen-bond acceptors (Lipinski definition) is 4. The van der Waals surface area contributed by atoms with Gasteiger partial charge in [0.25, 0.3) is 10.0 Å². The Balaban J connectivity index is 1.92. The number of hydrogen-bond donors (Lipinski definition) is 1. The molecule has 6 nitrogen and oxygen atoms in total. The highest BCUT2D eigenvalue weighted by atomic mass is 32.2. The van der Waals surface area contributed by atoms with E-state index >= 15 is 0 Å². The molecular weight excluding hydrogens is 408 g/mol. The Bertz CT molecular complexity index is 1080. The highest BCUT2D eigenvalue weighted by molar-refractivity contribution is 7.92. The van der Waals surface area contributed by atoms with Crippen LogP contribution in [0.4, 0.5) is 5.69 Å². The smallest absolute Gasteiger partial charge is 0.262 e. The first-order valence-electron chi connectivity index (χ1n) is 9.82. The second-order valence-electron chi connectivity index (χ2n) is 7.68. The first-order chi connectivity index (χ1) is 13.6. The first-order valence-corrected chi connectivity index (χ1v) is 12.7. The van der Waals surface area contributed by atoms with Crippen LogP contribution in [0.1, 0.15) is 42.4 Å². The standard InChI is InChI=1S/C21H28N2O4S2/c1-16-13-17(2)21(18(3)14-16)28(24,25)22-19-9-8-10-20(15-19)29(26,27)23-11-6-4-5-7-12-23/h8-10,13-15,22H,4-7,11-12H2,1-3H3. The second kappa shape index (κ2) is 8.45. The second-order valence-corrected chi connectivity index (χ2v) is 11.2. The number of rotatable bonds is 5. The predicted octanol–water partition coefficient (Wildman–Crippen LogP) is 3.98. The number of nitrogens with one attached hydrogen (secondary N) is 1. The summed E-state index contributed by atoms with van der Waals surface area (Å²) in [6, 6.07) is 9.69. The monoisotopic (exact) mass is 436 g/mol. The van der Waals surface area contributed by atoms with Gasteiger partial charge in [0.2, 0.25) is 10.0 Å². The SMILES string of the molecule is Cc1cc(C)c(S(=O)(=O)Nc2cccc(S(=O)(=O)N3CCCCCC3)c2)c(C)c1. The molecule has 0 spiro atoms. The molecule has 0 radical (unpaired) electrons. The lowest BCUT2D eigenvalue weighted by atomic mass is 10.1. The van der Waals surface area contributed by atoms with Gasteiger partial charge in [-0.05, 0) is 62.9 Å². The molecule has 0 aliphatic carbocycles. The maximum Gasteiger partial charge on any atom is 0.262 e. The van der Waals surface area contributed by atoms with Gasteiger partial charge in [0.05, 0.1) is 15.5 Å². The van der Waals surface area contributed by atoms with Gasteiger partial charge in [0, 0.05) is 13.1 Å². The van der Waals surface area contributed by atoms with E-state index < -0.39 is 20.0 Å². The topological polar surface area (TPSA) is 83.5 Å². The average molecular weight is 437 g/mol. The van der Waals surface area contributed by atoms with Crippen LogP contribution in [-0.2, 0) is 20.0 Å². The van der Waals surface area contributed by atoms with Crippen molar-refractivity contribution in [2.24, 2.45) is 0 Å². The molecule has 1 heterocycles. The summed E-state index contributed by atoms with van der Waals surface area (Å²) in [4.78, 5) is 0.334. The van der Waals surface area contributed by atoms with Crippen molar-refractivity contribution < 1.29 is 16.8 Å². The fraction of sp³-hybridized carbons (Fsp3) is 0.429. The van der Waals surface area contributed by atoms with Crippen molar-refractivity contribution in [3.05, 3.63) is 53.1 Å². The van der Waals surface area contributed by atoms with Gasteiger partial charge in [0.1, 0.15) is 0 Å². The molecule has 29 heavy (non-hydrogen) atoms. The fourth-order valence-electron chi connectivity index (χ4n) is 3.95. The lowest BCUT2D eigenvalue weighted by Gasteiger charge is -2.20. The van der Waals surface area contributed by atoms with Crippen LogP contribution in [-0.4, -0.2) is 34.2 Å². The van der Waals surface area contributed by atoms with E-state index in [1.54, 1.807) is 26.0 Å². The molecule has 8 heteroatoms. The Kier molecular flexibility index (Phi) is 6.36. The Morgan fingerprint density at radius 3 is 2.00 bits per heavy atom. The molecule has 1 aliphatic heterocycles. The van der Waals surface area contributed by atoms with Gasteiger partial charge in [-0.3, -0.25) is 4.72 Å². The van der Waals surface area contributed by atoms with E-state index in [0.29, 0.717) is 24.2 Å². The summed E-state index contributed by atoms with van der Waals surface area (Å²) < 4.78 is 56.1. The predicted molar refractivity (Wildman–Crippen MR) is 115 cm³/mol. The summed E-state index contributed by atoms with van der Waals surface area (Å²) in [5, 5.41) is 0. The zero-order chi connectivity index (χ0) is 21.2.